The van der Waals surface area contributed by atoms with Crippen molar-refractivity contribution in [2.24, 2.45) is 0 Å². The molecule has 0 aromatic heterocycles. The fourth-order valence-corrected chi connectivity index (χ4v) is 1.82. The molecule has 1 aromatic rings. The van der Waals surface area contributed by atoms with E-state index in [1.54, 1.807) is 23.6 Å². The van der Waals surface area contributed by atoms with Gasteiger partial charge in [0.2, 0.25) is 10.0 Å². The van der Waals surface area contributed by atoms with Gasteiger partial charge in [0.1, 0.15) is 0 Å². The Morgan fingerprint density at radius 2 is 2.21 bits per heavy atom. The third kappa shape index (κ3) is 3.85. The highest BCUT2D eigenvalue weighted by Crippen LogP contribution is 2.11. The van der Waals surface area contributed by atoms with Gasteiger partial charge in [0.05, 0.1) is 6.26 Å². The Kier molecular flexibility index (Phi) is 3.60. The molecular weight excluding hydrogens is 218 g/mol. The van der Waals surface area contributed by atoms with Crippen molar-refractivity contribution in [2.75, 3.05) is 11.0 Å². The molecule has 3 nitrogen and oxygen atoms in total. The first-order valence-electron chi connectivity index (χ1n) is 4.01. The molecule has 0 aliphatic heterocycles. The van der Waals surface area contributed by atoms with Crippen molar-refractivity contribution in [3.05, 3.63) is 29.8 Å². The van der Waals surface area contributed by atoms with Gasteiger partial charge in [-0.2, -0.15) is 0 Å². The molecule has 14 heavy (non-hydrogen) atoms. The van der Waals surface area contributed by atoms with Crippen LogP contribution in [0.5, 0.6) is 0 Å². The molecule has 0 bridgehead atoms. The molecule has 0 heterocycles. The van der Waals surface area contributed by atoms with E-state index in [1.165, 1.54) is 0 Å². The molecule has 0 atom stereocenters. The topological polar surface area (TPSA) is 46.2 Å². The molecule has 0 amide bonds. The second-order valence-electron chi connectivity index (χ2n) is 2.95. The van der Waals surface area contributed by atoms with Crippen LogP contribution < -0.4 is 4.72 Å². The van der Waals surface area contributed by atoms with Crippen molar-refractivity contribution >= 4 is 33.3 Å². The lowest BCUT2D eigenvalue weighted by Gasteiger charge is -2.04. The Balaban J connectivity index is 2.88. The molecular formula is C9H11NO2S2. The lowest BCUT2D eigenvalue weighted by atomic mass is 10.1. The van der Waals surface area contributed by atoms with Crippen LogP contribution in [0.2, 0.25) is 0 Å². The summed E-state index contributed by atoms with van der Waals surface area (Å²) in [6.45, 7) is 0. The van der Waals surface area contributed by atoms with Crippen molar-refractivity contribution in [3.8, 4) is 0 Å². The minimum atomic E-state index is -3.20. The van der Waals surface area contributed by atoms with Crippen LogP contribution in [-0.2, 0) is 16.4 Å². The maximum Gasteiger partial charge on any atom is 0.229 e. The summed E-state index contributed by atoms with van der Waals surface area (Å²) in [5.74, 6) is 0. The zero-order chi connectivity index (χ0) is 10.6. The fourth-order valence-electron chi connectivity index (χ4n) is 1.07. The third-order valence-electron chi connectivity index (χ3n) is 1.55. The number of benzene rings is 1. The third-order valence-corrected chi connectivity index (χ3v) is 2.32. The average molecular weight is 229 g/mol. The first-order chi connectivity index (χ1) is 6.51. The summed E-state index contributed by atoms with van der Waals surface area (Å²) in [6, 6.07) is 7.16. The van der Waals surface area contributed by atoms with Crippen LogP contribution in [0.3, 0.4) is 0 Å². The Bertz CT molecular complexity index is 426. The predicted octanol–water partition coefficient (Wildman–Crippen LogP) is 1.60. The second-order valence-corrected chi connectivity index (χ2v) is 5.03. The van der Waals surface area contributed by atoms with E-state index in [1.807, 2.05) is 6.07 Å². The number of sulfonamides is 1. The maximum atomic E-state index is 10.9. The highest BCUT2D eigenvalue weighted by molar-refractivity contribution is 7.92. The highest BCUT2D eigenvalue weighted by atomic mass is 32.2. The van der Waals surface area contributed by atoms with Gasteiger partial charge in [0, 0.05) is 12.1 Å². The van der Waals surface area contributed by atoms with E-state index in [-0.39, 0.29) is 0 Å². The van der Waals surface area contributed by atoms with Crippen molar-refractivity contribution in [3.63, 3.8) is 0 Å². The minimum absolute atomic E-state index is 0.571. The predicted molar refractivity (Wildman–Crippen MR) is 62.3 cm³/mol. The summed E-state index contributed by atoms with van der Waals surface area (Å²) >= 11 is 4.72. The standard InChI is InChI=1S/C9H11NO2S2/c1-14(11,12)10-9-4-2-3-8(7-9)5-6-13/h2-4,6-7,10H,5H2,1H3. The summed E-state index contributed by atoms with van der Waals surface area (Å²) in [5.41, 5.74) is 1.57. The molecule has 0 unspecified atom stereocenters. The number of anilines is 1. The second kappa shape index (κ2) is 4.52. The number of hydrogen-bond donors (Lipinski definition) is 1. The van der Waals surface area contributed by atoms with Crippen molar-refractivity contribution in [1.82, 2.24) is 0 Å². The van der Waals surface area contributed by atoms with E-state index in [0.29, 0.717) is 12.1 Å². The summed E-state index contributed by atoms with van der Waals surface area (Å²) in [7, 11) is -3.20. The molecule has 0 aliphatic rings. The van der Waals surface area contributed by atoms with Crippen LogP contribution in [0.25, 0.3) is 0 Å². The number of thiocarbonyl (C=S) groups is 1. The van der Waals surface area contributed by atoms with Gasteiger partial charge in [-0.05, 0) is 23.1 Å². The zero-order valence-corrected chi connectivity index (χ0v) is 9.36. The Morgan fingerprint density at radius 3 is 2.79 bits per heavy atom. The van der Waals surface area contributed by atoms with Crippen LogP contribution in [0.4, 0.5) is 5.69 Å². The molecule has 0 saturated carbocycles. The molecule has 76 valence electrons. The van der Waals surface area contributed by atoms with E-state index in [4.69, 9.17) is 12.2 Å². The van der Waals surface area contributed by atoms with Gasteiger partial charge in [0.25, 0.3) is 0 Å². The van der Waals surface area contributed by atoms with Crippen molar-refractivity contribution in [1.29, 1.82) is 0 Å². The maximum absolute atomic E-state index is 10.9. The van der Waals surface area contributed by atoms with Gasteiger partial charge in [-0.1, -0.05) is 24.4 Å². The summed E-state index contributed by atoms with van der Waals surface area (Å²) in [5, 5.41) is 1.61. The Labute approximate surface area is 89.2 Å². The minimum Gasteiger partial charge on any atom is -0.284 e. The Hall–Kier alpha value is -0.940. The molecule has 1 rings (SSSR count). The van der Waals surface area contributed by atoms with Gasteiger partial charge < -0.3 is 0 Å². The van der Waals surface area contributed by atoms with Gasteiger partial charge in [-0.3, -0.25) is 4.72 Å². The van der Waals surface area contributed by atoms with E-state index in [9.17, 15) is 8.42 Å². The first kappa shape index (κ1) is 11.1. The largest absolute Gasteiger partial charge is 0.284 e. The molecule has 0 radical (unpaired) electrons. The van der Waals surface area contributed by atoms with E-state index < -0.39 is 10.0 Å². The summed E-state index contributed by atoms with van der Waals surface area (Å²) < 4.78 is 24.3. The van der Waals surface area contributed by atoms with Crippen LogP contribution >= 0.6 is 12.2 Å². The average Bonchev–Trinajstić information content (AvgIpc) is 2.02. The van der Waals surface area contributed by atoms with Crippen LogP contribution in [0.15, 0.2) is 24.3 Å². The van der Waals surface area contributed by atoms with Crippen LogP contribution in [-0.4, -0.2) is 20.0 Å². The van der Waals surface area contributed by atoms with Gasteiger partial charge in [0.15, 0.2) is 0 Å². The molecule has 0 spiro atoms. The highest BCUT2D eigenvalue weighted by Gasteiger charge is 2.01. The molecule has 1 aromatic carbocycles. The SMILES string of the molecule is CS(=O)(=O)Nc1cccc(CC=S)c1. The Morgan fingerprint density at radius 1 is 1.50 bits per heavy atom. The van der Waals surface area contributed by atoms with Crippen molar-refractivity contribution in [2.45, 2.75) is 6.42 Å². The van der Waals surface area contributed by atoms with Crippen molar-refractivity contribution < 1.29 is 8.42 Å². The lowest BCUT2D eigenvalue weighted by Crippen LogP contribution is -2.09. The molecule has 1 N–H and O–H groups in total. The van der Waals surface area contributed by atoms with Gasteiger partial charge in [-0.25, -0.2) is 8.42 Å². The monoisotopic (exact) mass is 229 g/mol. The molecule has 0 saturated heterocycles. The fraction of sp³-hybridized carbons (Fsp3) is 0.222. The quantitative estimate of drug-likeness (QED) is 0.798. The first-order valence-corrected chi connectivity index (χ1v) is 6.38. The molecule has 5 heteroatoms. The zero-order valence-electron chi connectivity index (χ0n) is 7.73. The van der Waals surface area contributed by atoms with Gasteiger partial charge >= 0.3 is 0 Å². The van der Waals surface area contributed by atoms with E-state index >= 15 is 0 Å². The van der Waals surface area contributed by atoms with E-state index in [2.05, 4.69) is 4.72 Å². The van der Waals surface area contributed by atoms with Crippen LogP contribution in [0.1, 0.15) is 5.56 Å². The van der Waals surface area contributed by atoms with Crippen LogP contribution in [0, 0.1) is 0 Å². The van der Waals surface area contributed by atoms with E-state index in [0.717, 1.165) is 11.8 Å². The summed E-state index contributed by atoms with van der Waals surface area (Å²) in [4.78, 5) is 0. The normalized spacial score (nSPS) is 10.9. The molecule has 0 aliphatic carbocycles. The molecule has 0 fully saturated rings. The number of rotatable bonds is 4. The summed E-state index contributed by atoms with van der Waals surface area (Å²) in [6.07, 6.45) is 1.79. The number of hydrogen-bond acceptors (Lipinski definition) is 3. The number of nitrogens with one attached hydrogen (secondary N) is 1. The smallest absolute Gasteiger partial charge is 0.229 e. The lowest BCUT2D eigenvalue weighted by molar-refractivity contribution is 0.607. The van der Waals surface area contributed by atoms with Gasteiger partial charge in [-0.15, -0.1) is 0 Å².